The Kier molecular flexibility index (Phi) is 3.78. The third kappa shape index (κ3) is 2.46. The van der Waals surface area contributed by atoms with Gasteiger partial charge in [0.15, 0.2) is 5.78 Å². The summed E-state index contributed by atoms with van der Waals surface area (Å²) < 4.78 is 32.1. The number of non-ortho nitro benzene ring substituents is 1. The van der Waals surface area contributed by atoms with Crippen molar-refractivity contribution in [3.05, 3.63) is 46.5 Å². The van der Waals surface area contributed by atoms with Crippen LogP contribution < -0.4 is 0 Å². The third-order valence-electron chi connectivity index (χ3n) is 4.07. The number of piperidine rings is 1. The lowest BCUT2D eigenvalue weighted by atomic mass is 10.00. The molecular weight excluding hydrogens is 324 g/mol. The Morgan fingerprint density at radius 2 is 1.91 bits per heavy atom. The molecule has 1 saturated heterocycles. The van der Waals surface area contributed by atoms with Crippen molar-refractivity contribution in [3.8, 4) is 0 Å². The van der Waals surface area contributed by atoms with E-state index >= 15 is 0 Å². The van der Waals surface area contributed by atoms with Gasteiger partial charge >= 0.3 is 0 Å². The zero-order valence-electron chi connectivity index (χ0n) is 12.2. The van der Waals surface area contributed by atoms with Gasteiger partial charge in [-0.2, -0.15) is 4.31 Å². The van der Waals surface area contributed by atoms with E-state index in [9.17, 15) is 23.3 Å². The number of fused-ring (bicyclic) bond motifs is 2. The minimum Gasteiger partial charge on any atom is -0.372 e. The van der Waals surface area contributed by atoms with E-state index in [2.05, 4.69) is 0 Å². The number of nitro groups is 1. The summed E-state index contributed by atoms with van der Waals surface area (Å²) in [4.78, 5) is 22.0. The van der Waals surface area contributed by atoms with Crippen molar-refractivity contribution in [2.24, 2.45) is 0 Å². The summed E-state index contributed by atoms with van der Waals surface area (Å²) in [6.45, 7) is 0. The third-order valence-corrected chi connectivity index (χ3v) is 6.00. The molecule has 2 aliphatic heterocycles. The predicted octanol–water partition coefficient (Wildman–Crippen LogP) is 0.880. The number of Topliss-reactive ketones (excluding diaryl/α,β-unsaturated/α-hetero) is 1. The van der Waals surface area contributed by atoms with Crippen molar-refractivity contribution in [2.75, 3.05) is 7.11 Å². The molecule has 2 aliphatic rings. The van der Waals surface area contributed by atoms with Gasteiger partial charge in [-0.1, -0.05) is 12.2 Å². The quantitative estimate of drug-likeness (QED) is 0.458. The molecule has 2 heterocycles. The first-order valence-corrected chi connectivity index (χ1v) is 8.32. The number of ketones is 1. The van der Waals surface area contributed by atoms with Crippen LogP contribution in [0.1, 0.15) is 6.42 Å². The SMILES string of the molecule is CO[C@@H]1C(=O)C[C@@H]2C=C[C@H]1N2S(=O)(=O)c1ccc([N+](=O)[O-])cc1. The van der Waals surface area contributed by atoms with E-state index in [1.54, 1.807) is 12.2 Å². The number of nitrogens with zero attached hydrogens (tertiary/aromatic N) is 2. The summed E-state index contributed by atoms with van der Waals surface area (Å²) in [5, 5.41) is 10.7. The number of sulfonamides is 1. The maximum absolute atomic E-state index is 12.8. The zero-order valence-corrected chi connectivity index (χ0v) is 13.0. The molecule has 0 N–H and O–H groups in total. The van der Waals surface area contributed by atoms with Crippen LogP contribution in [0.15, 0.2) is 41.3 Å². The molecule has 1 aromatic carbocycles. The highest BCUT2D eigenvalue weighted by atomic mass is 32.2. The summed E-state index contributed by atoms with van der Waals surface area (Å²) >= 11 is 0. The molecule has 0 aromatic heterocycles. The summed E-state index contributed by atoms with van der Waals surface area (Å²) in [7, 11) is -2.52. The van der Waals surface area contributed by atoms with Gasteiger partial charge in [0.2, 0.25) is 10.0 Å². The lowest BCUT2D eigenvalue weighted by molar-refractivity contribution is -0.384. The standard InChI is InChI=1S/C14H14N2O6S/c1-22-14-12-7-4-10(8-13(14)17)15(12)23(20,21)11-5-2-9(3-6-11)16(18)19/h2-7,10,12,14H,8H2,1H3/t10-,12+,14-/m0/s1. The fraction of sp³-hybridized carbons (Fsp3) is 0.357. The number of methoxy groups -OCH3 is 1. The largest absolute Gasteiger partial charge is 0.372 e. The van der Waals surface area contributed by atoms with E-state index in [4.69, 9.17) is 4.74 Å². The summed E-state index contributed by atoms with van der Waals surface area (Å²) in [5.74, 6) is -0.136. The van der Waals surface area contributed by atoms with Crippen molar-refractivity contribution in [1.29, 1.82) is 0 Å². The van der Waals surface area contributed by atoms with Gasteiger partial charge in [-0.3, -0.25) is 14.9 Å². The summed E-state index contributed by atoms with van der Waals surface area (Å²) in [6.07, 6.45) is 2.56. The van der Waals surface area contributed by atoms with Gasteiger partial charge in [-0.05, 0) is 12.1 Å². The van der Waals surface area contributed by atoms with Crippen LogP contribution >= 0.6 is 0 Å². The van der Waals surface area contributed by atoms with Gasteiger partial charge in [0.1, 0.15) is 6.10 Å². The first kappa shape index (κ1) is 15.8. The fourth-order valence-electron chi connectivity index (χ4n) is 3.01. The molecule has 3 atom stereocenters. The molecule has 3 rings (SSSR count). The number of hydrogen-bond acceptors (Lipinski definition) is 6. The average Bonchev–Trinajstić information content (AvgIpc) is 2.85. The van der Waals surface area contributed by atoms with Gasteiger partial charge in [-0.25, -0.2) is 8.42 Å². The van der Waals surface area contributed by atoms with Crippen molar-refractivity contribution >= 4 is 21.5 Å². The van der Waals surface area contributed by atoms with E-state index < -0.39 is 33.1 Å². The predicted molar refractivity (Wildman–Crippen MR) is 79.3 cm³/mol. The molecule has 0 radical (unpaired) electrons. The van der Waals surface area contributed by atoms with Gasteiger partial charge in [0.25, 0.3) is 5.69 Å². The average molecular weight is 338 g/mol. The van der Waals surface area contributed by atoms with Crippen LogP contribution in [0.2, 0.25) is 0 Å². The minimum absolute atomic E-state index is 0.0500. The maximum atomic E-state index is 12.8. The lowest BCUT2D eigenvalue weighted by Crippen LogP contribution is -2.55. The fourth-order valence-corrected chi connectivity index (χ4v) is 4.73. The second kappa shape index (κ2) is 5.52. The first-order valence-electron chi connectivity index (χ1n) is 6.88. The normalized spacial score (nSPS) is 27.3. The number of carbonyl (C=O) groups is 1. The van der Waals surface area contributed by atoms with Crippen LogP contribution in [0.4, 0.5) is 5.69 Å². The number of nitro benzene ring substituents is 1. The van der Waals surface area contributed by atoms with Crippen LogP contribution in [0.3, 0.4) is 0 Å². The second-order valence-electron chi connectivity index (χ2n) is 5.36. The van der Waals surface area contributed by atoms with E-state index in [0.717, 1.165) is 12.1 Å². The van der Waals surface area contributed by atoms with Crippen molar-refractivity contribution in [2.45, 2.75) is 29.5 Å². The van der Waals surface area contributed by atoms with Crippen LogP contribution in [0.5, 0.6) is 0 Å². The topological polar surface area (TPSA) is 107 Å². The van der Waals surface area contributed by atoms with Crippen molar-refractivity contribution in [3.63, 3.8) is 0 Å². The van der Waals surface area contributed by atoms with Crippen molar-refractivity contribution in [1.82, 2.24) is 4.31 Å². The molecule has 1 fully saturated rings. The number of rotatable bonds is 4. The van der Waals surface area contributed by atoms with E-state index in [1.807, 2.05) is 0 Å². The number of benzene rings is 1. The molecule has 0 aliphatic carbocycles. The molecule has 0 unspecified atom stereocenters. The Morgan fingerprint density at radius 3 is 2.48 bits per heavy atom. The van der Waals surface area contributed by atoms with Gasteiger partial charge in [0, 0.05) is 25.7 Å². The number of hydrogen-bond donors (Lipinski definition) is 0. The zero-order chi connectivity index (χ0) is 16.8. The molecule has 0 spiro atoms. The molecule has 0 amide bonds. The number of ether oxygens (including phenoxy) is 1. The minimum atomic E-state index is -3.89. The van der Waals surface area contributed by atoms with Gasteiger partial charge in [0.05, 0.1) is 21.9 Å². The van der Waals surface area contributed by atoms with Crippen LogP contribution in [0.25, 0.3) is 0 Å². The summed E-state index contributed by atoms with van der Waals surface area (Å²) in [6, 6.07) is 3.46. The number of carbonyl (C=O) groups excluding carboxylic acids is 1. The molecule has 0 saturated carbocycles. The lowest BCUT2D eigenvalue weighted by Gasteiger charge is -2.37. The highest BCUT2D eigenvalue weighted by Crippen LogP contribution is 2.35. The molecule has 8 nitrogen and oxygen atoms in total. The Labute approximate surface area is 132 Å². The Hall–Kier alpha value is -2.10. The van der Waals surface area contributed by atoms with Crippen LogP contribution in [-0.2, 0) is 19.6 Å². The highest BCUT2D eigenvalue weighted by Gasteiger charge is 2.49. The Bertz CT molecular complexity index is 786. The van der Waals surface area contributed by atoms with Crippen molar-refractivity contribution < 1.29 is 22.9 Å². The van der Waals surface area contributed by atoms with E-state index in [1.165, 1.54) is 23.5 Å². The molecular formula is C14H14N2O6S. The second-order valence-corrected chi connectivity index (χ2v) is 7.20. The van der Waals surface area contributed by atoms with Crippen LogP contribution in [-0.4, -0.2) is 48.7 Å². The van der Waals surface area contributed by atoms with Gasteiger partial charge in [-0.15, -0.1) is 0 Å². The smallest absolute Gasteiger partial charge is 0.269 e. The molecule has 2 bridgehead atoms. The maximum Gasteiger partial charge on any atom is 0.269 e. The van der Waals surface area contributed by atoms with Crippen LogP contribution in [0, 0.1) is 10.1 Å². The molecule has 23 heavy (non-hydrogen) atoms. The summed E-state index contributed by atoms with van der Waals surface area (Å²) in [5.41, 5.74) is -0.186. The molecule has 9 heteroatoms. The highest BCUT2D eigenvalue weighted by molar-refractivity contribution is 7.89. The molecule has 1 aromatic rings. The van der Waals surface area contributed by atoms with E-state index in [-0.39, 0.29) is 22.8 Å². The monoisotopic (exact) mass is 338 g/mol. The Balaban J connectivity index is 1.97. The Morgan fingerprint density at radius 1 is 1.26 bits per heavy atom. The van der Waals surface area contributed by atoms with E-state index in [0.29, 0.717) is 0 Å². The molecule has 122 valence electrons. The van der Waals surface area contributed by atoms with Gasteiger partial charge < -0.3 is 4.74 Å². The first-order chi connectivity index (χ1) is 10.9.